The molecule has 2 heterocycles. The van der Waals surface area contributed by atoms with Crippen molar-refractivity contribution in [1.82, 2.24) is 14.9 Å². The maximum Gasteiger partial charge on any atom is 0.0948 e. The van der Waals surface area contributed by atoms with Crippen LogP contribution in [-0.4, -0.2) is 15.1 Å². The van der Waals surface area contributed by atoms with Crippen LogP contribution in [0.5, 0.6) is 0 Å². The molecule has 0 amide bonds. The second-order valence-corrected chi connectivity index (χ2v) is 7.44. The number of hydrogen-bond donors (Lipinski definition) is 1. The summed E-state index contributed by atoms with van der Waals surface area (Å²) in [6, 6.07) is 4.05. The normalized spacial score (nSPS) is 12.0. The maximum atomic E-state index is 5.94. The Morgan fingerprint density at radius 1 is 1.37 bits per heavy atom. The Hall–Kier alpha value is -0.840. The van der Waals surface area contributed by atoms with Crippen molar-refractivity contribution >= 4 is 22.9 Å². The molecule has 2 aromatic heterocycles. The van der Waals surface area contributed by atoms with E-state index in [2.05, 4.69) is 41.7 Å². The molecular weight excluding hydrogens is 278 g/mol. The number of aryl methyl sites for hydroxylation is 2. The topological polar surface area (TPSA) is 29.9 Å². The van der Waals surface area contributed by atoms with Crippen LogP contribution in [-0.2, 0) is 19.5 Å². The number of nitrogens with zero attached hydrogens (tertiary/aromatic N) is 2. The summed E-state index contributed by atoms with van der Waals surface area (Å²) in [5.41, 5.74) is 1.34. The molecule has 19 heavy (non-hydrogen) atoms. The van der Waals surface area contributed by atoms with Crippen LogP contribution in [0.3, 0.4) is 0 Å². The van der Waals surface area contributed by atoms with E-state index in [1.54, 1.807) is 11.3 Å². The van der Waals surface area contributed by atoms with Crippen molar-refractivity contribution in [3.05, 3.63) is 39.6 Å². The van der Waals surface area contributed by atoms with Gasteiger partial charge in [-0.15, -0.1) is 11.3 Å². The fourth-order valence-electron chi connectivity index (χ4n) is 1.77. The standard InChI is InChI=1S/C14H20ClN3S/c1-14(2,3)17-9-11-8-16-10-18(11)7-6-12-4-5-13(15)19-12/h4-5,8,10,17H,6-7,9H2,1-3H3. The van der Waals surface area contributed by atoms with E-state index in [1.165, 1.54) is 10.6 Å². The van der Waals surface area contributed by atoms with Gasteiger partial charge in [0.15, 0.2) is 0 Å². The van der Waals surface area contributed by atoms with E-state index >= 15 is 0 Å². The van der Waals surface area contributed by atoms with Crippen LogP contribution >= 0.6 is 22.9 Å². The minimum absolute atomic E-state index is 0.121. The van der Waals surface area contributed by atoms with Crippen LogP contribution in [0.25, 0.3) is 0 Å². The maximum absolute atomic E-state index is 5.94. The number of halogens is 1. The van der Waals surface area contributed by atoms with Crippen molar-refractivity contribution < 1.29 is 0 Å². The van der Waals surface area contributed by atoms with Gasteiger partial charge in [0.1, 0.15) is 0 Å². The summed E-state index contributed by atoms with van der Waals surface area (Å²) < 4.78 is 3.06. The second-order valence-electron chi connectivity index (χ2n) is 5.64. The van der Waals surface area contributed by atoms with Gasteiger partial charge in [-0.25, -0.2) is 4.98 Å². The Bertz CT molecular complexity index is 525. The predicted molar refractivity (Wildman–Crippen MR) is 81.9 cm³/mol. The molecule has 0 fully saturated rings. The van der Waals surface area contributed by atoms with E-state index in [-0.39, 0.29) is 5.54 Å². The molecule has 104 valence electrons. The van der Waals surface area contributed by atoms with E-state index in [0.29, 0.717) is 0 Å². The average Bonchev–Trinajstić information content (AvgIpc) is 2.91. The lowest BCUT2D eigenvalue weighted by Crippen LogP contribution is -2.35. The number of imidazole rings is 1. The lowest BCUT2D eigenvalue weighted by molar-refractivity contribution is 0.415. The van der Waals surface area contributed by atoms with Crippen LogP contribution in [0, 0.1) is 0 Å². The van der Waals surface area contributed by atoms with Gasteiger partial charge in [0.25, 0.3) is 0 Å². The van der Waals surface area contributed by atoms with Crippen LogP contribution in [0.15, 0.2) is 24.7 Å². The monoisotopic (exact) mass is 297 g/mol. The summed E-state index contributed by atoms with van der Waals surface area (Å²) >= 11 is 7.59. The van der Waals surface area contributed by atoms with E-state index in [1.807, 2.05) is 18.6 Å². The molecule has 0 aliphatic carbocycles. The Labute approximate surface area is 123 Å². The van der Waals surface area contributed by atoms with Gasteiger partial charge < -0.3 is 9.88 Å². The first kappa shape index (κ1) is 14.6. The molecule has 2 aromatic rings. The van der Waals surface area contributed by atoms with Gasteiger partial charge in [0, 0.05) is 29.7 Å². The first-order chi connectivity index (χ1) is 8.94. The average molecular weight is 298 g/mol. The van der Waals surface area contributed by atoms with Gasteiger partial charge in [-0.1, -0.05) is 11.6 Å². The van der Waals surface area contributed by atoms with Crippen molar-refractivity contribution in [1.29, 1.82) is 0 Å². The minimum Gasteiger partial charge on any atom is -0.333 e. The third-order valence-electron chi connectivity index (χ3n) is 2.83. The number of thiophene rings is 1. The zero-order chi connectivity index (χ0) is 13.9. The van der Waals surface area contributed by atoms with Gasteiger partial charge in [-0.3, -0.25) is 0 Å². The largest absolute Gasteiger partial charge is 0.333 e. The Balaban J connectivity index is 1.92. The zero-order valence-electron chi connectivity index (χ0n) is 11.6. The molecular formula is C14H20ClN3S. The summed E-state index contributed by atoms with van der Waals surface area (Å²) in [6.45, 7) is 8.29. The first-order valence-electron chi connectivity index (χ1n) is 6.42. The number of nitrogens with one attached hydrogen (secondary N) is 1. The van der Waals surface area contributed by atoms with Crippen molar-refractivity contribution in [2.45, 2.75) is 45.8 Å². The fourth-order valence-corrected chi connectivity index (χ4v) is 2.85. The summed E-state index contributed by atoms with van der Waals surface area (Å²) in [5.74, 6) is 0. The molecule has 0 bridgehead atoms. The number of rotatable bonds is 5. The van der Waals surface area contributed by atoms with Gasteiger partial charge >= 0.3 is 0 Å². The Morgan fingerprint density at radius 3 is 2.79 bits per heavy atom. The van der Waals surface area contributed by atoms with E-state index in [4.69, 9.17) is 11.6 Å². The van der Waals surface area contributed by atoms with Crippen molar-refractivity contribution in [3.63, 3.8) is 0 Å². The quantitative estimate of drug-likeness (QED) is 0.911. The molecule has 0 saturated heterocycles. The molecule has 3 nitrogen and oxygen atoms in total. The summed E-state index contributed by atoms with van der Waals surface area (Å²) in [4.78, 5) is 5.55. The third kappa shape index (κ3) is 4.64. The van der Waals surface area contributed by atoms with Crippen molar-refractivity contribution in [3.8, 4) is 0 Å². The molecule has 0 spiro atoms. The summed E-state index contributed by atoms with van der Waals surface area (Å²) in [6.07, 6.45) is 4.82. The number of hydrogen-bond acceptors (Lipinski definition) is 3. The lowest BCUT2D eigenvalue weighted by atomic mass is 10.1. The SMILES string of the molecule is CC(C)(C)NCc1cncn1CCc1ccc(Cl)s1. The molecule has 0 saturated carbocycles. The highest BCUT2D eigenvalue weighted by molar-refractivity contribution is 7.16. The zero-order valence-corrected chi connectivity index (χ0v) is 13.2. The van der Waals surface area contributed by atoms with Gasteiger partial charge in [0.05, 0.1) is 16.4 Å². The van der Waals surface area contributed by atoms with Gasteiger partial charge in [-0.2, -0.15) is 0 Å². The molecule has 0 aliphatic heterocycles. The molecule has 2 rings (SSSR count). The Morgan fingerprint density at radius 2 is 2.16 bits per heavy atom. The van der Waals surface area contributed by atoms with Crippen LogP contribution in [0.4, 0.5) is 0 Å². The van der Waals surface area contributed by atoms with Crippen LogP contribution < -0.4 is 5.32 Å². The molecule has 0 unspecified atom stereocenters. The molecule has 0 atom stereocenters. The van der Waals surface area contributed by atoms with E-state index in [9.17, 15) is 0 Å². The van der Waals surface area contributed by atoms with E-state index < -0.39 is 0 Å². The fraction of sp³-hybridized carbons (Fsp3) is 0.500. The molecule has 1 N–H and O–H groups in total. The first-order valence-corrected chi connectivity index (χ1v) is 7.62. The predicted octanol–water partition coefficient (Wildman–Crippen LogP) is 3.73. The summed E-state index contributed by atoms with van der Waals surface area (Å²) in [5, 5.41) is 3.49. The molecule has 0 aliphatic rings. The summed E-state index contributed by atoms with van der Waals surface area (Å²) in [7, 11) is 0. The lowest BCUT2D eigenvalue weighted by Gasteiger charge is -2.20. The number of aromatic nitrogens is 2. The highest BCUT2D eigenvalue weighted by atomic mass is 35.5. The van der Waals surface area contributed by atoms with Crippen molar-refractivity contribution in [2.24, 2.45) is 0 Å². The van der Waals surface area contributed by atoms with Crippen molar-refractivity contribution in [2.75, 3.05) is 0 Å². The van der Waals surface area contributed by atoms with Gasteiger partial charge in [-0.05, 0) is 39.3 Å². The molecule has 0 aromatic carbocycles. The van der Waals surface area contributed by atoms with Gasteiger partial charge in [0.2, 0.25) is 0 Å². The van der Waals surface area contributed by atoms with E-state index in [0.717, 1.165) is 23.8 Å². The molecule has 5 heteroatoms. The highest BCUT2D eigenvalue weighted by Crippen LogP contribution is 2.22. The van der Waals surface area contributed by atoms with Crippen LogP contribution in [0.1, 0.15) is 31.3 Å². The Kier molecular flexibility index (Phi) is 4.66. The molecule has 0 radical (unpaired) electrons. The highest BCUT2D eigenvalue weighted by Gasteiger charge is 2.10. The second kappa shape index (κ2) is 6.07. The van der Waals surface area contributed by atoms with Crippen LogP contribution in [0.2, 0.25) is 4.34 Å². The smallest absolute Gasteiger partial charge is 0.0948 e. The minimum atomic E-state index is 0.121. The third-order valence-corrected chi connectivity index (χ3v) is 4.12.